The van der Waals surface area contributed by atoms with E-state index >= 15 is 0 Å². The Morgan fingerprint density at radius 2 is 2.22 bits per heavy atom. The van der Waals surface area contributed by atoms with Gasteiger partial charge in [0.1, 0.15) is 18.4 Å². The molecule has 1 aromatic carbocycles. The molecule has 126 valence electrons. The zero-order chi connectivity index (χ0) is 17.2. The Bertz CT molecular complexity index is 545. The van der Waals surface area contributed by atoms with E-state index in [0.29, 0.717) is 32.0 Å². The van der Waals surface area contributed by atoms with Crippen LogP contribution in [0, 0.1) is 0 Å². The smallest absolute Gasteiger partial charge is 0.320 e. The summed E-state index contributed by atoms with van der Waals surface area (Å²) < 4.78 is 5.49. The number of carboxylic acid groups (broad SMARTS) is 1. The first-order valence-corrected chi connectivity index (χ1v) is 7.48. The Hall–Kier alpha value is -2.34. The van der Waals surface area contributed by atoms with Crippen molar-refractivity contribution in [3.05, 3.63) is 42.5 Å². The lowest BCUT2D eigenvalue weighted by Gasteiger charge is -2.26. The predicted molar refractivity (Wildman–Crippen MR) is 88.3 cm³/mol. The van der Waals surface area contributed by atoms with Gasteiger partial charge in [-0.05, 0) is 24.6 Å². The molecule has 1 aromatic rings. The number of carbonyl (C=O) groups is 2. The Kier molecular flexibility index (Phi) is 7.83. The van der Waals surface area contributed by atoms with Crippen molar-refractivity contribution in [2.75, 3.05) is 19.7 Å². The van der Waals surface area contributed by atoms with Crippen LogP contribution >= 0.6 is 0 Å². The highest BCUT2D eigenvalue weighted by atomic mass is 16.5. The second-order valence-electron chi connectivity index (χ2n) is 5.21. The van der Waals surface area contributed by atoms with E-state index in [0.717, 1.165) is 5.56 Å². The molecule has 1 atom stereocenters. The lowest BCUT2D eigenvalue weighted by molar-refractivity contribution is -0.142. The first-order chi connectivity index (χ1) is 10.9. The average molecular weight is 320 g/mol. The van der Waals surface area contributed by atoms with E-state index in [4.69, 9.17) is 4.74 Å². The largest absolute Gasteiger partial charge is 0.490 e. The van der Waals surface area contributed by atoms with Gasteiger partial charge in [-0.3, -0.25) is 14.5 Å². The van der Waals surface area contributed by atoms with Crippen molar-refractivity contribution in [3.63, 3.8) is 0 Å². The molecule has 1 unspecified atom stereocenters. The summed E-state index contributed by atoms with van der Waals surface area (Å²) in [7, 11) is 0. The average Bonchev–Trinajstić information content (AvgIpc) is 2.51. The second kappa shape index (κ2) is 9.63. The number of amides is 1. The van der Waals surface area contributed by atoms with Gasteiger partial charge in [0.05, 0.1) is 0 Å². The summed E-state index contributed by atoms with van der Waals surface area (Å²) in [5.41, 5.74) is 0.947. The van der Waals surface area contributed by atoms with Gasteiger partial charge in [0.15, 0.2) is 0 Å². The van der Waals surface area contributed by atoms with Crippen LogP contribution in [0.4, 0.5) is 0 Å². The molecule has 0 bridgehead atoms. The van der Waals surface area contributed by atoms with E-state index in [2.05, 4.69) is 11.9 Å². The Labute approximate surface area is 136 Å². The molecule has 0 fully saturated rings. The van der Waals surface area contributed by atoms with Crippen LogP contribution in [-0.2, 0) is 16.1 Å². The van der Waals surface area contributed by atoms with Crippen molar-refractivity contribution in [2.45, 2.75) is 26.4 Å². The summed E-state index contributed by atoms with van der Waals surface area (Å²) in [6, 6.07) is 6.85. The first kappa shape index (κ1) is 18.7. The van der Waals surface area contributed by atoms with Gasteiger partial charge in [0, 0.05) is 26.6 Å². The molecule has 0 saturated carbocycles. The second-order valence-corrected chi connectivity index (χ2v) is 5.21. The van der Waals surface area contributed by atoms with Gasteiger partial charge >= 0.3 is 5.97 Å². The SMILES string of the molecule is C=CCOc1cccc(CN(CCNC(C)=O)C(C)C(=O)O)c1. The third-order valence-electron chi connectivity index (χ3n) is 3.33. The maximum absolute atomic E-state index is 11.3. The van der Waals surface area contributed by atoms with Crippen molar-refractivity contribution in [3.8, 4) is 5.75 Å². The summed E-state index contributed by atoms with van der Waals surface area (Å²) in [5, 5.41) is 11.9. The maximum Gasteiger partial charge on any atom is 0.320 e. The summed E-state index contributed by atoms with van der Waals surface area (Å²) in [4.78, 5) is 24.0. The van der Waals surface area contributed by atoms with E-state index in [9.17, 15) is 14.7 Å². The number of hydrogen-bond acceptors (Lipinski definition) is 4. The molecular weight excluding hydrogens is 296 g/mol. The fourth-order valence-corrected chi connectivity index (χ4v) is 2.06. The molecule has 0 heterocycles. The van der Waals surface area contributed by atoms with Crippen LogP contribution in [0.1, 0.15) is 19.4 Å². The zero-order valence-corrected chi connectivity index (χ0v) is 13.6. The molecule has 2 N–H and O–H groups in total. The number of hydrogen-bond donors (Lipinski definition) is 2. The third kappa shape index (κ3) is 6.97. The van der Waals surface area contributed by atoms with Crippen LogP contribution in [0.3, 0.4) is 0 Å². The van der Waals surface area contributed by atoms with Gasteiger partial charge in [-0.2, -0.15) is 0 Å². The number of nitrogens with one attached hydrogen (secondary N) is 1. The molecule has 6 nitrogen and oxygen atoms in total. The van der Waals surface area contributed by atoms with E-state index in [1.165, 1.54) is 6.92 Å². The van der Waals surface area contributed by atoms with Crippen LogP contribution in [0.25, 0.3) is 0 Å². The minimum absolute atomic E-state index is 0.132. The van der Waals surface area contributed by atoms with E-state index in [-0.39, 0.29) is 5.91 Å². The number of rotatable bonds is 10. The minimum Gasteiger partial charge on any atom is -0.490 e. The van der Waals surface area contributed by atoms with Crippen molar-refractivity contribution < 1.29 is 19.4 Å². The number of carbonyl (C=O) groups excluding carboxylic acids is 1. The number of nitrogens with zero attached hydrogens (tertiary/aromatic N) is 1. The highest BCUT2D eigenvalue weighted by Crippen LogP contribution is 2.16. The molecule has 6 heteroatoms. The first-order valence-electron chi connectivity index (χ1n) is 7.48. The van der Waals surface area contributed by atoms with Gasteiger partial charge in [-0.1, -0.05) is 24.8 Å². The Balaban J connectivity index is 2.76. The summed E-state index contributed by atoms with van der Waals surface area (Å²) in [5.74, 6) is -0.313. The lowest BCUT2D eigenvalue weighted by Crippen LogP contribution is -2.42. The van der Waals surface area contributed by atoms with Gasteiger partial charge in [0.2, 0.25) is 5.91 Å². The van der Waals surface area contributed by atoms with Crippen molar-refractivity contribution in [2.24, 2.45) is 0 Å². The quantitative estimate of drug-likeness (QED) is 0.641. The van der Waals surface area contributed by atoms with Crippen LogP contribution < -0.4 is 10.1 Å². The van der Waals surface area contributed by atoms with Crippen LogP contribution in [0.2, 0.25) is 0 Å². The van der Waals surface area contributed by atoms with E-state index in [1.807, 2.05) is 24.3 Å². The molecule has 1 amide bonds. The van der Waals surface area contributed by atoms with Crippen molar-refractivity contribution >= 4 is 11.9 Å². The number of ether oxygens (including phenoxy) is 1. The third-order valence-corrected chi connectivity index (χ3v) is 3.33. The van der Waals surface area contributed by atoms with Gasteiger partial charge in [-0.15, -0.1) is 0 Å². The minimum atomic E-state index is -0.896. The number of aliphatic carboxylic acids is 1. The van der Waals surface area contributed by atoms with Crippen molar-refractivity contribution in [1.29, 1.82) is 0 Å². The normalized spacial score (nSPS) is 11.8. The highest BCUT2D eigenvalue weighted by molar-refractivity contribution is 5.73. The molecule has 0 aliphatic heterocycles. The predicted octanol–water partition coefficient (Wildman–Crippen LogP) is 1.66. The van der Waals surface area contributed by atoms with E-state index < -0.39 is 12.0 Å². The van der Waals surface area contributed by atoms with Crippen LogP contribution in [0.5, 0.6) is 5.75 Å². The molecular formula is C17H24N2O4. The molecule has 0 aliphatic rings. The van der Waals surface area contributed by atoms with Crippen molar-refractivity contribution in [1.82, 2.24) is 10.2 Å². The molecule has 0 spiro atoms. The molecule has 0 aliphatic carbocycles. The zero-order valence-electron chi connectivity index (χ0n) is 13.6. The molecule has 0 saturated heterocycles. The molecule has 1 rings (SSSR count). The maximum atomic E-state index is 11.3. The lowest BCUT2D eigenvalue weighted by atomic mass is 10.1. The fraction of sp³-hybridized carbons (Fsp3) is 0.412. The van der Waals surface area contributed by atoms with Crippen LogP contribution in [0.15, 0.2) is 36.9 Å². The van der Waals surface area contributed by atoms with Gasteiger partial charge in [0.25, 0.3) is 0 Å². The topological polar surface area (TPSA) is 78.9 Å². The molecule has 0 radical (unpaired) electrons. The molecule has 23 heavy (non-hydrogen) atoms. The molecule has 0 aromatic heterocycles. The highest BCUT2D eigenvalue weighted by Gasteiger charge is 2.20. The monoisotopic (exact) mass is 320 g/mol. The summed E-state index contributed by atoms with van der Waals surface area (Å²) in [6.07, 6.45) is 1.67. The Morgan fingerprint density at radius 3 is 2.83 bits per heavy atom. The number of benzene rings is 1. The summed E-state index contributed by atoms with van der Waals surface area (Å²) >= 11 is 0. The van der Waals surface area contributed by atoms with E-state index in [1.54, 1.807) is 17.9 Å². The fourth-order valence-electron chi connectivity index (χ4n) is 2.06. The standard InChI is InChI=1S/C17H24N2O4/c1-4-10-23-16-7-5-6-15(11-16)12-19(13(2)17(21)22)9-8-18-14(3)20/h4-7,11,13H,1,8-10,12H2,2-3H3,(H,18,20)(H,21,22). The van der Waals surface area contributed by atoms with Gasteiger partial charge in [-0.25, -0.2) is 0 Å². The number of carboxylic acids is 1. The van der Waals surface area contributed by atoms with Crippen LogP contribution in [-0.4, -0.2) is 47.6 Å². The Morgan fingerprint density at radius 1 is 1.48 bits per heavy atom. The van der Waals surface area contributed by atoms with Gasteiger partial charge < -0.3 is 15.2 Å². The summed E-state index contributed by atoms with van der Waals surface area (Å²) in [6.45, 7) is 8.40.